The molecule has 1 aliphatic rings. The van der Waals surface area contributed by atoms with Gasteiger partial charge in [-0.2, -0.15) is 0 Å². The van der Waals surface area contributed by atoms with E-state index in [1.54, 1.807) is 0 Å². The van der Waals surface area contributed by atoms with Crippen molar-refractivity contribution < 1.29 is 0 Å². The van der Waals surface area contributed by atoms with Gasteiger partial charge in [-0.3, -0.25) is 0 Å². The summed E-state index contributed by atoms with van der Waals surface area (Å²) in [6.07, 6.45) is 5.22. The molecule has 0 spiro atoms. The Hall–Kier alpha value is -1.41. The maximum Gasteiger partial charge on any atom is 0.0552 e. The first-order valence-electron chi connectivity index (χ1n) is 8.47. The fourth-order valence-electron chi connectivity index (χ4n) is 3.15. The number of benzene rings is 2. The molecule has 3 rings (SSSR count). The van der Waals surface area contributed by atoms with E-state index in [1.807, 2.05) is 11.8 Å². The molecule has 1 unspecified atom stereocenters. The van der Waals surface area contributed by atoms with Crippen molar-refractivity contribution >= 4 is 23.1 Å². The van der Waals surface area contributed by atoms with Crippen molar-refractivity contribution in [1.29, 1.82) is 0 Å². The highest BCUT2D eigenvalue weighted by Crippen LogP contribution is 2.48. The third-order valence-corrected chi connectivity index (χ3v) is 5.65. The lowest BCUT2D eigenvalue weighted by atomic mass is 9.98. The van der Waals surface area contributed by atoms with Crippen molar-refractivity contribution in [2.24, 2.45) is 5.92 Å². The second-order valence-electron chi connectivity index (χ2n) is 6.06. The highest BCUT2D eigenvalue weighted by atomic mass is 32.2. The first-order chi connectivity index (χ1) is 10.8. The molecule has 2 aromatic rings. The number of rotatable bonds is 6. The Balaban J connectivity index is 1.92. The molecule has 0 N–H and O–H groups in total. The average Bonchev–Trinajstić information content (AvgIpc) is 2.57. The molecule has 0 fully saturated rings. The molecule has 0 aliphatic carbocycles. The molecular formula is C20H25NS. The summed E-state index contributed by atoms with van der Waals surface area (Å²) in [4.78, 5) is 5.31. The second-order valence-corrected chi connectivity index (χ2v) is 7.15. The van der Waals surface area contributed by atoms with Crippen LogP contribution in [0.25, 0.3) is 0 Å². The van der Waals surface area contributed by atoms with E-state index in [0.717, 1.165) is 12.5 Å². The fraction of sp³-hybridized carbons (Fsp3) is 0.400. The topological polar surface area (TPSA) is 3.24 Å². The molecule has 116 valence electrons. The minimum atomic E-state index is 0.768. The predicted molar refractivity (Wildman–Crippen MR) is 97.3 cm³/mol. The number of hydrogen-bond acceptors (Lipinski definition) is 2. The standard InChI is InChI=1S/C20H25NS/c1-3-5-10-16(4-2)15-21-17-11-6-8-13-19(17)22-20-14-9-7-12-18(20)21/h6-9,11-14,16H,3-5,10,15H2,1-2H3. The van der Waals surface area contributed by atoms with Crippen molar-refractivity contribution in [3.63, 3.8) is 0 Å². The van der Waals surface area contributed by atoms with Gasteiger partial charge in [-0.05, 0) is 36.6 Å². The fourth-order valence-corrected chi connectivity index (χ4v) is 4.25. The van der Waals surface area contributed by atoms with E-state index in [1.165, 1.54) is 46.8 Å². The van der Waals surface area contributed by atoms with Crippen LogP contribution in [0.2, 0.25) is 0 Å². The summed E-state index contributed by atoms with van der Waals surface area (Å²) >= 11 is 1.90. The zero-order chi connectivity index (χ0) is 15.4. The van der Waals surface area contributed by atoms with Gasteiger partial charge in [0, 0.05) is 16.3 Å². The van der Waals surface area contributed by atoms with Crippen LogP contribution in [0.5, 0.6) is 0 Å². The Morgan fingerprint density at radius 3 is 2.05 bits per heavy atom. The van der Waals surface area contributed by atoms with E-state index >= 15 is 0 Å². The maximum atomic E-state index is 2.55. The third-order valence-electron chi connectivity index (χ3n) is 4.52. The molecule has 1 heterocycles. The van der Waals surface area contributed by atoms with Crippen molar-refractivity contribution in [3.8, 4) is 0 Å². The summed E-state index contributed by atoms with van der Waals surface area (Å²) in [7, 11) is 0. The smallest absolute Gasteiger partial charge is 0.0552 e. The Morgan fingerprint density at radius 2 is 1.50 bits per heavy atom. The first-order valence-corrected chi connectivity index (χ1v) is 9.28. The van der Waals surface area contributed by atoms with Gasteiger partial charge in [-0.15, -0.1) is 0 Å². The van der Waals surface area contributed by atoms with Crippen LogP contribution in [0.4, 0.5) is 11.4 Å². The summed E-state index contributed by atoms with van der Waals surface area (Å²) in [6, 6.07) is 17.6. The number of nitrogens with zero attached hydrogens (tertiary/aromatic N) is 1. The molecule has 1 atom stereocenters. The van der Waals surface area contributed by atoms with Gasteiger partial charge in [-0.1, -0.05) is 69.1 Å². The van der Waals surface area contributed by atoms with Gasteiger partial charge in [0.1, 0.15) is 0 Å². The van der Waals surface area contributed by atoms with E-state index < -0.39 is 0 Å². The molecule has 0 saturated heterocycles. The number of anilines is 2. The lowest BCUT2D eigenvalue weighted by Crippen LogP contribution is -2.27. The average molecular weight is 311 g/mol. The molecule has 0 bridgehead atoms. The van der Waals surface area contributed by atoms with Gasteiger partial charge >= 0.3 is 0 Å². The number of para-hydroxylation sites is 2. The molecule has 2 heteroatoms. The Kier molecular flexibility index (Phi) is 5.09. The highest BCUT2D eigenvalue weighted by Gasteiger charge is 2.24. The van der Waals surface area contributed by atoms with Crippen molar-refractivity contribution in [3.05, 3.63) is 48.5 Å². The Labute approximate surface area is 138 Å². The van der Waals surface area contributed by atoms with Gasteiger partial charge in [0.25, 0.3) is 0 Å². The quantitative estimate of drug-likeness (QED) is 0.598. The SMILES string of the molecule is CCCCC(CC)CN1c2ccccc2Sc2ccccc21. The van der Waals surface area contributed by atoms with E-state index in [-0.39, 0.29) is 0 Å². The largest absolute Gasteiger partial charge is 0.339 e. The molecule has 22 heavy (non-hydrogen) atoms. The number of unbranched alkanes of at least 4 members (excludes halogenated alkanes) is 1. The monoisotopic (exact) mass is 311 g/mol. The molecule has 1 aliphatic heterocycles. The van der Waals surface area contributed by atoms with Crippen LogP contribution < -0.4 is 4.90 Å². The molecule has 0 radical (unpaired) electrons. The van der Waals surface area contributed by atoms with E-state index in [0.29, 0.717) is 0 Å². The highest BCUT2D eigenvalue weighted by molar-refractivity contribution is 7.99. The van der Waals surface area contributed by atoms with Gasteiger partial charge in [0.05, 0.1) is 11.4 Å². The normalized spacial score (nSPS) is 14.4. The second kappa shape index (κ2) is 7.23. The predicted octanol–water partition coefficient (Wildman–Crippen LogP) is 6.51. The van der Waals surface area contributed by atoms with Crippen LogP contribution in [0.3, 0.4) is 0 Å². The van der Waals surface area contributed by atoms with E-state index in [9.17, 15) is 0 Å². The lowest BCUT2D eigenvalue weighted by Gasteiger charge is -2.35. The lowest BCUT2D eigenvalue weighted by molar-refractivity contribution is 0.457. The van der Waals surface area contributed by atoms with E-state index in [2.05, 4.69) is 67.3 Å². The van der Waals surface area contributed by atoms with Crippen LogP contribution in [0.15, 0.2) is 58.3 Å². The first kappa shape index (κ1) is 15.5. The summed E-state index contributed by atoms with van der Waals surface area (Å²) in [6.45, 7) is 5.75. The van der Waals surface area contributed by atoms with Gasteiger partial charge < -0.3 is 4.90 Å². The van der Waals surface area contributed by atoms with Crippen molar-refractivity contribution in [2.45, 2.75) is 49.3 Å². The molecule has 0 saturated carbocycles. The number of fused-ring (bicyclic) bond motifs is 2. The van der Waals surface area contributed by atoms with Crippen LogP contribution in [-0.4, -0.2) is 6.54 Å². The summed E-state index contributed by atoms with van der Waals surface area (Å²) < 4.78 is 0. The van der Waals surface area contributed by atoms with Crippen molar-refractivity contribution in [1.82, 2.24) is 0 Å². The third kappa shape index (κ3) is 3.17. The zero-order valence-electron chi connectivity index (χ0n) is 13.6. The summed E-state index contributed by atoms with van der Waals surface area (Å²) in [5, 5.41) is 0. The number of hydrogen-bond donors (Lipinski definition) is 0. The Morgan fingerprint density at radius 1 is 0.909 bits per heavy atom. The molecular weight excluding hydrogens is 286 g/mol. The molecule has 2 aromatic carbocycles. The minimum Gasteiger partial charge on any atom is -0.339 e. The minimum absolute atomic E-state index is 0.768. The van der Waals surface area contributed by atoms with Crippen LogP contribution >= 0.6 is 11.8 Å². The van der Waals surface area contributed by atoms with Gasteiger partial charge in [-0.25, -0.2) is 0 Å². The van der Waals surface area contributed by atoms with Crippen LogP contribution in [0.1, 0.15) is 39.5 Å². The summed E-state index contributed by atoms with van der Waals surface area (Å²) in [5.74, 6) is 0.768. The molecule has 1 nitrogen and oxygen atoms in total. The molecule has 0 aromatic heterocycles. The maximum absolute atomic E-state index is 2.55. The van der Waals surface area contributed by atoms with Crippen molar-refractivity contribution in [2.75, 3.05) is 11.4 Å². The van der Waals surface area contributed by atoms with Crippen LogP contribution in [-0.2, 0) is 0 Å². The van der Waals surface area contributed by atoms with E-state index in [4.69, 9.17) is 0 Å². The zero-order valence-corrected chi connectivity index (χ0v) is 14.4. The van der Waals surface area contributed by atoms with Gasteiger partial charge in [0.15, 0.2) is 0 Å². The Bertz CT molecular complexity index is 577. The van der Waals surface area contributed by atoms with Crippen LogP contribution in [0, 0.1) is 5.92 Å². The molecule has 0 amide bonds. The van der Waals surface area contributed by atoms with Gasteiger partial charge in [0.2, 0.25) is 0 Å². The summed E-state index contributed by atoms with van der Waals surface area (Å²) in [5.41, 5.74) is 2.75.